The minimum absolute atomic E-state index is 0.335. The van der Waals surface area contributed by atoms with Gasteiger partial charge < -0.3 is 9.63 Å². The molecule has 5 heteroatoms. The average molecular weight is 377 g/mol. The Morgan fingerprint density at radius 1 is 1.20 bits per heavy atom. The molecule has 0 heterocycles. The third-order valence-corrected chi connectivity index (χ3v) is 6.60. The number of allylic oxidation sites excluding steroid dienone is 3. The summed E-state index contributed by atoms with van der Waals surface area (Å²) in [5.41, 5.74) is 5.18. The molecule has 0 aromatic heterocycles. The largest absolute Gasteiger partial charge is 0.507 e. The van der Waals surface area contributed by atoms with E-state index >= 15 is 0 Å². The van der Waals surface area contributed by atoms with Crippen molar-refractivity contribution < 1.29 is 14.2 Å². The van der Waals surface area contributed by atoms with Crippen molar-refractivity contribution in [1.82, 2.24) is 0 Å². The number of benzene rings is 1. The van der Waals surface area contributed by atoms with Gasteiger partial charge >= 0.3 is 8.69 Å². The minimum Gasteiger partial charge on any atom is -0.507 e. The van der Waals surface area contributed by atoms with Crippen molar-refractivity contribution in [2.24, 2.45) is 11.8 Å². The molecule has 0 amide bonds. The predicted molar refractivity (Wildman–Crippen MR) is 100 cm³/mol. The monoisotopic (exact) mass is 376 g/mol. The Hall–Kier alpha value is -1.31. The van der Waals surface area contributed by atoms with E-state index in [0.29, 0.717) is 33.9 Å². The van der Waals surface area contributed by atoms with Crippen LogP contribution in [0.2, 0.25) is 5.02 Å². The van der Waals surface area contributed by atoms with Crippen LogP contribution < -0.4 is 4.52 Å². The topological polar surface area (TPSA) is 46.5 Å². The van der Waals surface area contributed by atoms with E-state index in [-0.39, 0.29) is 0 Å². The molecule has 1 fully saturated rings. The maximum absolute atomic E-state index is 11.1. The second-order valence-electron chi connectivity index (χ2n) is 7.34. The molecule has 1 saturated carbocycles. The van der Waals surface area contributed by atoms with Gasteiger partial charge in [0.05, 0.1) is 5.02 Å². The van der Waals surface area contributed by atoms with Gasteiger partial charge in [0.2, 0.25) is 0 Å². The fraction of sp³-hybridized carbons (Fsp3) is 0.500. The van der Waals surface area contributed by atoms with Gasteiger partial charge in [0, 0.05) is 11.5 Å². The first-order valence-electron chi connectivity index (χ1n) is 9.12. The van der Waals surface area contributed by atoms with Crippen molar-refractivity contribution in [2.75, 3.05) is 0 Å². The molecule has 2 bridgehead atoms. The lowest BCUT2D eigenvalue weighted by molar-refractivity contribution is 0.334. The highest BCUT2D eigenvalue weighted by Gasteiger charge is 2.39. The Morgan fingerprint density at radius 2 is 2.04 bits per heavy atom. The van der Waals surface area contributed by atoms with E-state index in [1.54, 1.807) is 23.3 Å². The summed E-state index contributed by atoms with van der Waals surface area (Å²) in [6.07, 6.45) is 9.68. The normalized spacial score (nSPS) is 27.9. The number of hydrogen-bond donors (Lipinski definition) is 1. The van der Waals surface area contributed by atoms with Gasteiger partial charge in [-0.05, 0) is 74.6 Å². The van der Waals surface area contributed by atoms with Crippen molar-refractivity contribution in [2.45, 2.75) is 51.4 Å². The van der Waals surface area contributed by atoms with Crippen molar-refractivity contribution >= 4 is 26.0 Å². The second kappa shape index (κ2) is 7.13. The molecule has 2 atom stereocenters. The smallest absolute Gasteiger partial charge is 0.395 e. The van der Waals surface area contributed by atoms with Crippen LogP contribution in [0.4, 0.5) is 0 Å². The van der Waals surface area contributed by atoms with Gasteiger partial charge in [-0.3, -0.25) is 0 Å². The summed E-state index contributed by atoms with van der Waals surface area (Å²) in [5, 5.41) is 11.5. The number of hydrogen-bond acceptors (Lipinski definition) is 3. The summed E-state index contributed by atoms with van der Waals surface area (Å²) in [6, 6.07) is 5.20. The molecule has 1 aromatic carbocycles. The van der Waals surface area contributed by atoms with Gasteiger partial charge in [0.25, 0.3) is 0 Å². The van der Waals surface area contributed by atoms with Crippen LogP contribution >= 0.6 is 20.3 Å². The maximum atomic E-state index is 11.1. The van der Waals surface area contributed by atoms with Gasteiger partial charge in [-0.15, -0.1) is 0 Å². The zero-order valence-corrected chi connectivity index (χ0v) is 15.8. The lowest BCUT2D eigenvalue weighted by atomic mass is 9.62. The molecule has 1 aromatic rings. The van der Waals surface area contributed by atoms with Crippen molar-refractivity contribution in [1.29, 1.82) is 0 Å². The fourth-order valence-electron chi connectivity index (χ4n) is 4.97. The van der Waals surface area contributed by atoms with Crippen LogP contribution in [0.5, 0.6) is 5.75 Å². The van der Waals surface area contributed by atoms with E-state index in [2.05, 4.69) is 0 Å². The Morgan fingerprint density at radius 3 is 2.88 bits per heavy atom. The first-order chi connectivity index (χ1) is 12.2. The lowest BCUT2D eigenvalue weighted by Gasteiger charge is -2.43. The number of aliphatic hydroxyl groups excluding tert-OH is 1. The van der Waals surface area contributed by atoms with E-state index < -0.39 is 8.69 Å². The first kappa shape index (κ1) is 17.1. The molecule has 3 aliphatic carbocycles. The highest BCUT2D eigenvalue weighted by molar-refractivity contribution is 7.17. The summed E-state index contributed by atoms with van der Waals surface area (Å²) >= 11 is 6.08. The summed E-state index contributed by atoms with van der Waals surface area (Å²) in [5.74, 6) is 1.56. The maximum Gasteiger partial charge on any atom is 0.395 e. The molecular weight excluding hydrogens is 355 g/mol. The minimum atomic E-state index is -0.447. The molecule has 3 nitrogen and oxygen atoms in total. The molecule has 2 unspecified atom stereocenters. The van der Waals surface area contributed by atoms with E-state index in [1.807, 2.05) is 6.07 Å². The van der Waals surface area contributed by atoms with Crippen LogP contribution in [0, 0.1) is 11.8 Å². The predicted octanol–water partition coefficient (Wildman–Crippen LogP) is 6.89. The van der Waals surface area contributed by atoms with Gasteiger partial charge in [-0.25, -0.2) is 4.57 Å². The summed E-state index contributed by atoms with van der Waals surface area (Å²) in [7, 11) is -0.447. The van der Waals surface area contributed by atoms with Crippen LogP contribution in [-0.2, 0) is 4.57 Å². The second-order valence-corrected chi connectivity index (χ2v) is 8.07. The Kier molecular flexibility index (Phi) is 4.88. The first-order valence-corrected chi connectivity index (χ1v) is 10.2. The molecule has 3 aliphatic rings. The van der Waals surface area contributed by atoms with Crippen LogP contribution in [0.1, 0.15) is 56.9 Å². The summed E-state index contributed by atoms with van der Waals surface area (Å²) < 4.78 is 15.8. The third-order valence-electron chi connectivity index (χ3n) is 6.02. The van der Waals surface area contributed by atoms with Crippen molar-refractivity contribution in [3.63, 3.8) is 0 Å². The molecule has 25 heavy (non-hydrogen) atoms. The lowest BCUT2D eigenvalue weighted by Crippen LogP contribution is -2.29. The molecule has 4 rings (SSSR count). The van der Waals surface area contributed by atoms with Crippen LogP contribution in [0.3, 0.4) is 0 Å². The molecular formula is C20H22ClO3P. The zero-order valence-electron chi connectivity index (χ0n) is 14.1. The SMILES string of the molecule is O=POc1cc(/C(O)=C2/C3CCCC2C2=C(CCCC2)C3)ccc1Cl. The van der Waals surface area contributed by atoms with Crippen molar-refractivity contribution in [3.8, 4) is 5.75 Å². The van der Waals surface area contributed by atoms with Crippen LogP contribution in [0.15, 0.2) is 34.9 Å². The summed E-state index contributed by atoms with van der Waals surface area (Å²) in [6.45, 7) is 0. The fourth-order valence-corrected chi connectivity index (χ4v) is 5.41. The average Bonchev–Trinajstić information content (AvgIpc) is 2.63. The van der Waals surface area contributed by atoms with Gasteiger partial charge in [-0.1, -0.05) is 29.2 Å². The molecule has 1 N–H and O–H groups in total. The van der Waals surface area contributed by atoms with Crippen molar-refractivity contribution in [3.05, 3.63) is 45.5 Å². The molecule has 132 valence electrons. The van der Waals surface area contributed by atoms with Gasteiger partial charge in [-0.2, -0.15) is 0 Å². The highest BCUT2D eigenvalue weighted by atomic mass is 35.5. The number of halogens is 1. The summed E-state index contributed by atoms with van der Waals surface area (Å²) in [4.78, 5) is 0. The molecule has 0 aliphatic heterocycles. The highest BCUT2D eigenvalue weighted by Crippen LogP contribution is 2.52. The Bertz CT molecular complexity index is 768. The Balaban J connectivity index is 1.78. The Labute approximate surface area is 155 Å². The quantitative estimate of drug-likeness (QED) is 0.355. The number of aliphatic hydroxyl groups is 1. The van der Waals surface area contributed by atoms with Gasteiger partial charge in [0.15, 0.2) is 5.75 Å². The van der Waals surface area contributed by atoms with Gasteiger partial charge in [0.1, 0.15) is 5.76 Å². The van der Waals surface area contributed by atoms with E-state index in [9.17, 15) is 9.67 Å². The van der Waals surface area contributed by atoms with Crippen LogP contribution in [0.25, 0.3) is 5.76 Å². The van der Waals surface area contributed by atoms with E-state index in [0.717, 1.165) is 19.3 Å². The number of fused-ring (bicyclic) bond motifs is 3. The standard InChI is InChI=1S/C20H22ClO3P/c21-17-9-8-14(11-18(17)24-25-23)20(22)19-13-5-3-7-16(19)15-6-2-1-4-12(15)10-13/h8-9,11,13,16,22H,1-7,10H2/b20-19+. The number of rotatable bonds is 3. The van der Waals surface area contributed by atoms with Crippen LogP contribution in [-0.4, -0.2) is 5.11 Å². The third kappa shape index (κ3) is 3.13. The molecule has 0 radical (unpaired) electrons. The molecule has 0 spiro atoms. The van der Waals surface area contributed by atoms with E-state index in [1.165, 1.54) is 37.7 Å². The zero-order chi connectivity index (χ0) is 17.4. The molecule has 0 saturated heterocycles. The van der Waals surface area contributed by atoms with E-state index in [4.69, 9.17) is 16.1 Å².